The van der Waals surface area contributed by atoms with E-state index < -0.39 is 0 Å². The predicted molar refractivity (Wildman–Crippen MR) is 62.8 cm³/mol. The first-order valence-electron chi connectivity index (χ1n) is 5.05. The number of nitrogens with zero attached hydrogens (tertiary/aromatic N) is 1. The average molecular weight is 226 g/mol. The molecule has 0 aliphatic carbocycles. The van der Waals surface area contributed by atoms with Crippen LogP contribution in [0.1, 0.15) is 37.1 Å². The van der Waals surface area contributed by atoms with Gasteiger partial charge in [-0.1, -0.05) is 20.8 Å². The van der Waals surface area contributed by atoms with Crippen LogP contribution in [0.3, 0.4) is 0 Å². The Hall–Kier alpha value is -0.900. The maximum atomic E-state index is 11.5. The SMILES string of the molecule is Cc1ncc(CNC(=O)CC(C)(C)C)s1. The van der Waals surface area contributed by atoms with Crippen LogP contribution in [-0.2, 0) is 11.3 Å². The summed E-state index contributed by atoms with van der Waals surface area (Å²) in [6, 6.07) is 0. The Morgan fingerprint density at radius 3 is 2.67 bits per heavy atom. The van der Waals surface area contributed by atoms with Gasteiger partial charge in [-0.3, -0.25) is 4.79 Å². The van der Waals surface area contributed by atoms with E-state index in [9.17, 15) is 4.79 Å². The normalized spacial score (nSPS) is 11.5. The molecular formula is C11H18N2OS. The van der Waals surface area contributed by atoms with Crippen molar-refractivity contribution in [3.8, 4) is 0 Å². The summed E-state index contributed by atoms with van der Waals surface area (Å²) in [5.41, 5.74) is 0.0493. The van der Waals surface area contributed by atoms with Crippen LogP contribution in [0.5, 0.6) is 0 Å². The number of hydrogen-bond donors (Lipinski definition) is 1. The second-order valence-corrected chi connectivity index (χ2v) is 6.18. The van der Waals surface area contributed by atoms with Gasteiger partial charge in [-0.2, -0.15) is 0 Å². The zero-order chi connectivity index (χ0) is 11.5. The monoisotopic (exact) mass is 226 g/mol. The molecule has 0 fully saturated rings. The third kappa shape index (κ3) is 4.93. The molecule has 15 heavy (non-hydrogen) atoms. The highest BCUT2D eigenvalue weighted by molar-refractivity contribution is 7.11. The highest BCUT2D eigenvalue weighted by atomic mass is 32.1. The molecule has 0 spiro atoms. The molecule has 84 valence electrons. The fourth-order valence-electron chi connectivity index (χ4n) is 1.22. The third-order valence-corrected chi connectivity index (χ3v) is 2.73. The van der Waals surface area contributed by atoms with E-state index in [1.807, 2.05) is 13.1 Å². The van der Waals surface area contributed by atoms with Crippen LogP contribution >= 0.6 is 11.3 Å². The molecule has 0 saturated carbocycles. The van der Waals surface area contributed by atoms with Gasteiger partial charge >= 0.3 is 0 Å². The minimum Gasteiger partial charge on any atom is -0.351 e. The first-order valence-corrected chi connectivity index (χ1v) is 5.86. The molecule has 0 aromatic carbocycles. The van der Waals surface area contributed by atoms with Crippen LogP contribution in [0.4, 0.5) is 0 Å². The second kappa shape index (κ2) is 4.75. The molecule has 0 aliphatic rings. The maximum Gasteiger partial charge on any atom is 0.220 e. The van der Waals surface area contributed by atoms with Crippen LogP contribution in [0.25, 0.3) is 0 Å². The average Bonchev–Trinajstić information content (AvgIpc) is 2.45. The maximum absolute atomic E-state index is 11.5. The van der Waals surface area contributed by atoms with Crippen molar-refractivity contribution in [2.45, 2.75) is 40.7 Å². The largest absolute Gasteiger partial charge is 0.351 e. The smallest absolute Gasteiger partial charge is 0.220 e. The molecule has 0 saturated heterocycles. The van der Waals surface area contributed by atoms with Gasteiger partial charge in [0.1, 0.15) is 0 Å². The lowest BCUT2D eigenvalue weighted by Gasteiger charge is -2.16. The molecule has 1 heterocycles. The standard InChI is InChI=1S/C11H18N2OS/c1-8-12-6-9(15-8)7-13-10(14)5-11(2,3)4/h6H,5,7H2,1-4H3,(H,13,14). The topological polar surface area (TPSA) is 42.0 Å². The molecule has 1 aromatic heterocycles. The van der Waals surface area contributed by atoms with E-state index >= 15 is 0 Å². The van der Waals surface area contributed by atoms with Gasteiger partial charge in [0.05, 0.1) is 11.6 Å². The number of rotatable bonds is 3. The van der Waals surface area contributed by atoms with E-state index in [2.05, 4.69) is 31.1 Å². The minimum atomic E-state index is 0.0493. The highest BCUT2D eigenvalue weighted by Crippen LogP contribution is 2.18. The summed E-state index contributed by atoms with van der Waals surface area (Å²) in [5.74, 6) is 0.105. The van der Waals surface area contributed by atoms with Crippen LogP contribution < -0.4 is 5.32 Å². The zero-order valence-electron chi connectivity index (χ0n) is 9.76. The Labute approximate surface area is 94.9 Å². The lowest BCUT2D eigenvalue weighted by Crippen LogP contribution is -2.26. The van der Waals surface area contributed by atoms with Gasteiger partial charge in [-0.15, -0.1) is 11.3 Å². The van der Waals surface area contributed by atoms with Crippen LogP contribution in [-0.4, -0.2) is 10.9 Å². The number of thiazole rings is 1. The molecule has 1 rings (SSSR count). The summed E-state index contributed by atoms with van der Waals surface area (Å²) in [4.78, 5) is 16.8. The summed E-state index contributed by atoms with van der Waals surface area (Å²) in [7, 11) is 0. The molecule has 4 heteroatoms. The Bertz CT molecular complexity index is 339. The molecule has 0 bridgehead atoms. The first-order chi connectivity index (χ1) is 6.87. The van der Waals surface area contributed by atoms with Gasteiger partial charge in [0.25, 0.3) is 0 Å². The van der Waals surface area contributed by atoms with Crippen LogP contribution in [0, 0.1) is 12.3 Å². The summed E-state index contributed by atoms with van der Waals surface area (Å²) >= 11 is 1.62. The molecule has 0 atom stereocenters. The number of nitrogens with one attached hydrogen (secondary N) is 1. The first kappa shape index (κ1) is 12.2. The number of aryl methyl sites for hydroxylation is 1. The van der Waals surface area contributed by atoms with Gasteiger partial charge in [0, 0.05) is 17.5 Å². The highest BCUT2D eigenvalue weighted by Gasteiger charge is 2.15. The quantitative estimate of drug-likeness (QED) is 0.860. The van der Waals surface area contributed by atoms with E-state index in [1.165, 1.54) is 0 Å². The third-order valence-electron chi connectivity index (χ3n) is 1.82. The van der Waals surface area contributed by atoms with E-state index in [0.717, 1.165) is 9.88 Å². The Morgan fingerprint density at radius 1 is 1.53 bits per heavy atom. The van der Waals surface area contributed by atoms with Crippen molar-refractivity contribution < 1.29 is 4.79 Å². The van der Waals surface area contributed by atoms with E-state index in [1.54, 1.807) is 11.3 Å². The van der Waals surface area contributed by atoms with Gasteiger partial charge in [0.2, 0.25) is 5.91 Å². The van der Waals surface area contributed by atoms with Crippen molar-refractivity contribution in [2.24, 2.45) is 5.41 Å². The predicted octanol–water partition coefficient (Wildman–Crippen LogP) is 2.50. The van der Waals surface area contributed by atoms with Crippen molar-refractivity contribution in [3.05, 3.63) is 16.1 Å². The number of carbonyl (C=O) groups is 1. The fraction of sp³-hybridized carbons (Fsp3) is 0.636. The Kier molecular flexibility index (Phi) is 3.85. The molecule has 0 radical (unpaired) electrons. The van der Waals surface area contributed by atoms with Crippen LogP contribution in [0.15, 0.2) is 6.20 Å². The molecular weight excluding hydrogens is 208 g/mol. The zero-order valence-corrected chi connectivity index (χ0v) is 10.6. The lowest BCUT2D eigenvalue weighted by molar-refractivity contribution is -0.122. The molecule has 1 amide bonds. The van der Waals surface area contributed by atoms with Crippen LogP contribution in [0.2, 0.25) is 0 Å². The summed E-state index contributed by atoms with van der Waals surface area (Å²) in [6.45, 7) is 8.74. The van der Waals surface area contributed by atoms with Crippen molar-refractivity contribution in [2.75, 3.05) is 0 Å². The fourth-order valence-corrected chi connectivity index (χ4v) is 1.95. The Balaban J connectivity index is 2.35. The number of aromatic nitrogens is 1. The minimum absolute atomic E-state index is 0.0493. The molecule has 0 unspecified atom stereocenters. The molecule has 1 aromatic rings. The van der Waals surface area contributed by atoms with E-state index in [-0.39, 0.29) is 11.3 Å². The summed E-state index contributed by atoms with van der Waals surface area (Å²) in [6.07, 6.45) is 2.38. The van der Waals surface area contributed by atoms with Gasteiger partial charge in [0.15, 0.2) is 0 Å². The summed E-state index contributed by atoms with van der Waals surface area (Å²) < 4.78 is 0. The van der Waals surface area contributed by atoms with Gasteiger partial charge in [-0.25, -0.2) is 4.98 Å². The number of carbonyl (C=O) groups excluding carboxylic acids is 1. The molecule has 1 N–H and O–H groups in total. The summed E-state index contributed by atoms with van der Waals surface area (Å²) in [5, 5.41) is 3.94. The number of amides is 1. The Morgan fingerprint density at radius 2 is 2.20 bits per heavy atom. The van der Waals surface area contributed by atoms with Gasteiger partial charge in [-0.05, 0) is 12.3 Å². The second-order valence-electron chi connectivity index (χ2n) is 4.86. The van der Waals surface area contributed by atoms with Crippen molar-refractivity contribution in [1.82, 2.24) is 10.3 Å². The van der Waals surface area contributed by atoms with E-state index in [4.69, 9.17) is 0 Å². The number of hydrogen-bond acceptors (Lipinski definition) is 3. The van der Waals surface area contributed by atoms with Gasteiger partial charge < -0.3 is 5.32 Å². The lowest BCUT2D eigenvalue weighted by atomic mass is 9.92. The van der Waals surface area contributed by atoms with E-state index in [0.29, 0.717) is 13.0 Å². The molecule has 0 aliphatic heterocycles. The van der Waals surface area contributed by atoms with Crippen molar-refractivity contribution in [1.29, 1.82) is 0 Å². The van der Waals surface area contributed by atoms with Crippen molar-refractivity contribution in [3.63, 3.8) is 0 Å². The van der Waals surface area contributed by atoms with Crippen molar-refractivity contribution >= 4 is 17.2 Å². The molecule has 3 nitrogen and oxygen atoms in total.